The molecule has 0 unspecified atom stereocenters. The lowest BCUT2D eigenvalue weighted by atomic mass is 10.2. The van der Waals surface area contributed by atoms with E-state index in [2.05, 4.69) is 15.2 Å². The number of aryl methyl sites for hydroxylation is 1. The number of hydrogen-bond donors (Lipinski definition) is 1. The highest BCUT2D eigenvalue weighted by Crippen LogP contribution is 2.23. The highest BCUT2D eigenvalue weighted by Gasteiger charge is 2.17. The van der Waals surface area contributed by atoms with E-state index in [0.29, 0.717) is 11.7 Å². The smallest absolute Gasteiger partial charge is 0.313 e. The quantitative estimate of drug-likeness (QED) is 0.825. The fourth-order valence-corrected chi connectivity index (χ4v) is 3.16. The van der Waals surface area contributed by atoms with Gasteiger partial charge in [0, 0.05) is 17.0 Å². The Balaban J connectivity index is 2.26. The molecule has 2 rings (SSSR count). The van der Waals surface area contributed by atoms with Gasteiger partial charge in [0.15, 0.2) is 5.16 Å². The molecule has 2 heterocycles. The van der Waals surface area contributed by atoms with Gasteiger partial charge in [-0.2, -0.15) is 0 Å². The molecule has 0 amide bonds. The molecule has 0 bridgehead atoms. The number of nitrogens with zero attached hydrogens (tertiary/aromatic N) is 4. The summed E-state index contributed by atoms with van der Waals surface area (Å²) in [6.45, 7) is 6.68. The Labute approximate surface area is 125 Å². The average Bonchev–Trinajstić information content (AvgIpc) is 2.94. The topological polar surface area (TPSA) is 80.9 Å². The van der Waals surface area contributed by atoms with Crippen LogP contribution in [0.2, 0.25) is 0 Å². The van der Waals surface area contributed by atoms with Crippen molar-refractivity contribution in [3.8, 4) is 0 Å². The summed E-state index contributed by atoms with van der Waals surface area (Å²) >= 11 is 2.81. The highest BCUT2D eigenvalue weighted by atomic mass is 32.2. The predicted molar refractivity (Wildman–Crippen MR) is 78.4 cm³/mol. The zero-order chi connectivity index (χ0) is 14.7. The van der Waals surface area contributed by atoms with Crippen molar-refractivity contribution < 1.29 is 9.90 Å². The molecule has 0 aromatic carbocycles. The molecule has 2 aromatic heterocycles. The van der Waals surface area contributed by atoms with Crippen molar-refractivity contribution in [3.05, 3.63) is 21.9 Å². The molecule has 0 aliphatic heterocycles. The van der Waals surface area contributed by atoms with Crippen molar-refractivity contribution in [3.63, 3.8) is 0 Å². The first-order chi connectivity index (χ1) is 9.47. The number of aromatic nitrogens is 4. The first-order valence-electron chi connectivity index (χ1n) is 6.16. The minimum Gasteiger partial charge on any atom is -0.481 e. The molecular formula is C12H16N4O2S2. The number of thioether (sulfide) groups is 1. The van der Waals surface area contributed by atoms with Crippen LogP contribution in [-0.4, -0.2) is 36.6 Å². The number of thiazole rings is 1. The molecule has 0 aliphatic rings. The fraction of sp³-hybridized carbons (Fsp3) is 0.500. The van der Waals surface area contributed by atoms with E-state index in [-0.39, 0.29) is 11.7 Å². The Morgan fingerprint density at radius 1 is 1.50 bits per heavy atom. The molecule has 6 nitrogen and oxygen atoms in total. The number of carbonyl (C=O) groups is 1. The van der Waals surface area contributed by atoms with Crippen LogP contribution in [-0.2, 0) is 11.3 Å². The molecule has 0 saturated heterocycles. The Kier molecular flexibility index (Phi) is 4.77. The first kappa shape index (κ1) is 15.0. The number of aliphatic carboxylic acids is 1. The molecule has 20 heavy (non-hydrogen) atoms. The van der Waals surface area contributed by atoms with Crippen LogP contribution in [0.4, 0.5) is 0 Å². The fourth-order valence-electron chi connectivity index (χ4n) is 1.72. The SMILES string of the molecule is Cc1cnc(Cn2c(SCC(=O)O)nnc2C(C)C)s1. The van der Waals surface area contributed by atoms with Gasteiger partial charge in [0.1, 0.15) is 10.8 Å². The number of carboxylic acids is 1. The number of hydrogen-bond acceptors (Lipinski definition) is 6. The van der Waals surface area contributed by atoms with Crippen molar-refractivity contribution in [2.24, 2.45) is 0 Å². The summed E-state index contributed by atoms with van der Waals surface area (Å²) in [5.41, 5.74) is 0. The predicted octanol–water partition coefficient (Wildman–Crippen LogP) is 2.39. The molecular weight excluding hydrogens is 296 g/mol. The van der Waals surface area contributed by atoms with Crippen LogP contribution in [0.15, 0.2) is 11.4 Å². The minimum atomic E-state index is -0.860. The lowest BCUT2D eigenvalue weighted by Crippen LogP contribution is -2.09. The van der Waals surface area contributed by atoms with Crippen molar-refractivity contribution in [2.45, 2.75) is 38.4 Å². The second-order valence-corrected chi connectivity index (χ2v) is 6.89. The first-order valence-corrected chi connectivity index (χ1v) is 7.96. The van der Waals surface area contributed by atoms with Crippen LogP contribution in [0.3, 0.4) is 0 Å². The van der Waals surface area contributed by atoms with E-state index in [0.717, 1.165) is 15.7 Å². The number of rotatable bonds is 6. The molecule has 0 radical (unpaired) electrons. The van der Waals surface area contributed by atoms with Gasteiger partial charge < -0.3 is 5.11 Å². The van der Waals surface area contributed by atoms with Gasteiger partial charge in [0.25, 0.3) is 0 Å². The van der Waals surface area contributed by atoms with Gasteiger partial charge in [0.05, 0.1) is 12.3 Å². The summed E-state index contributed by atoms with van der Waals surface area (Å²) in [7, 11) is 0. The third-order valence-electron chi connectivity index (χ3n) is 2.55. The van der Waals surface area contributed by atoms with Crippen LogP contribution in [0.25, 0.3) is 0 Å². The van der Waals surface area contributed by atoms with Gasteiger partial charge >= 0.3 is 5.97 Å². The summed E-state index contributed by atoms with van der Waals surface area (Å²) in [5.74, 6) is 0.196. The van der Waals surface area contributed by atoms with E-state index in [1.807, 2.05) is 31.5 Å². The summed E-state index contributed by atoms with van der Waals surface area (Å²) in [5, 5.41) is 18.7. The third-order valence-corrected chi connectivity index (χ3v) is 4.40. The monoisotopic (exact) mass is 312 g/mol. The van der Waals surface area contributed by atoms with Crippen LogP contribution in [0.5, 0.6) is 0 Å². The zero-order valence-electron chi connectivity index (χ0n) is 11.5. The lowest BCUT2D eigenvalue weighted by molar-refractivity contribution is -0.133. The van der Waals surface area contributed by atoms with E-state index < -0.39 is 5.97 Å². The lowest BCUT2D eigenvalue weighted by Gasteiger charge is -2.09. The number of carboxylic acid groups (broad SMARTS) is 1. The van der Waals surface area contributed by atoms with Crippen molar-refractivity contribution in [1.29, 1.82) is 0 Å². The molecule has 0 atom stereocenters. The zero-order valence-corrected chi connectivity index (χ0v) is 13.2. The van der Waals surface area contributed by atoms with Gasteiger partial charge in [-0.05, 0) is 6.92 Å². The second-order valence-electron chi connectivity index (χ2n) is 4.63. The average molecular weight is 312 g/mol. The van der Waals surface area contributed by atoms with Crippen LogP contribution in [0, 0.1) is 6.92 Å². The largest absolute Gasteiger partial charge is 0.481 e. The summed E-state index contributed by atoms with van der Waals surface area (Å²) in [6, 6.07) is 0. The molecule has 0 aliphatic carbocycles. The van der Waals surface area contributed by atoms with Gasteiger partial charge in [-0.3, -0.25) is 9.36 Å². The molecule has 108 valence electrons. The molecule has 0 saturated carbocycles. The normalized spacial score (nSPS) is 11.2. The Morgan fingerprint density at radius 3 is 2.80 bits per heavy atom. The van der Waals surface area contributed by atoms with Gasteiger partial charge in [-0.1, -0.05) is 25.6 Å². The minimum absolute atomic E-state index is 0.0207. The molecule has 1 N–H and O–H groups in total. The van der Waals surface area contributed by atoms with Crippen LogP contribution >= 0.6 is 23.1 Å². The van der Waals surface area contributed by atoms with Gasteiger partial charge in [-0.25, -0.2) is 4.98 Å². The molecule has 0 fully saturated rings. The van der Waals surface area contributed by atoms with E-state index in [1.165, 1.54) is 11.8 Å². The maximum atomic E-state index is 10.7. The van der Waals surface area contributed by atoms with E-state index in [9.17, 15) is 4.79 Å². The Hall–Kier alpha value is -1.41. The van der Waals surface area contributed by atoms with Gasteiger partial charge in [0.2, 0.25) is 0 Å². The summed E-state index contributed by atoms with van der Waals surface area (Å²) < 4.78 is 1.95. The maximum Gasteiger partial charge on any atom is 0.313 e. The summed E-state index contributed by atoms with van der Waals surface area (Å²) in [6.07, 6.45) is 1.84. The van der Waals surface area contributed by atoms with E-state index in [4.69, 9.17) is 5.11 Å². The maximum absolute atomic E-state index is 10.7. The highest BCUT2D eigenvalue weighted by molar-refractivity contribution is 7.99. The van der Waals surface area contributed by atoms with Crippen LogP contribution in [0.1, 0.15) is 35.5 Å². The molecule has 2 aromatic rings. The second kappa shape index (κ2) is 6.36. The van der Waals surface area contributed by atoms with E-state index in [1.54, 1.807) is 11.3 Å². The molecule has 8 heteroatoms. The third kappa shape index (κ3) is 3.57. The van der Waals surface area contributed by atoms with E-state index >= 15 is 0 Å². The van der Waals surface area contributed by atoms with Crippen molar-refractivity contribution >= 4 is 29.1 Å². The Bertz CT molecular complexity index is 606. The van der Waals surface area contributed by atoms with Crippen molar-refractivity contribution in [1.82, 2.24) is 19.7 Å². The van der Waals surface area contributed by atoms with Crippen LogP contribution < -0.4 is 0 Å². The van der Waals surface area contributed by atoms with Crippen molar-refractivity contribution in [2.75, 3.05) is 5.75 Å². The van der Waals surface area contributed by atoms with Gasteiger partial charge in [-0.15, -0.1) is 21.5 Å². The standard InChI is InChI=1S/C12H16N4O2S2/c1-7(2)11-14-15-12(19-6-10(17)18)16(11)5-9-13-4-8(3)20-9/h4,7H,5-6H2,1-3H3,(H,17,18). The Morgan fingerprint density at radius 2 is 2.25 bits per heavy atom. The summed E-state index contributed by atoms with van der Waals surface area (Å²) in [4.78, 5) is 16.2. The molecule has 0 spiro atoms.